The summed E-state index contributed by atoms with van der Waals surface area (Å²) in [6.07, 6.45) is 22.7. The fourth-order valence-corrected chi connectivity index (χ4v) is 5.33. The summed E-state index contributed by atoms with van der Waals surface area (Å²) in [5, 5.41) is 0. The van der Waals surface area contributed by atoms with Crippen molar-refractivity contribution in [1.29, 1.82) is 0 Å². The van der Waals surface area contributed by atoms with Crippen molar-refractivity contribution in [2.45, 2.75) is 88.9 Å². The smallest absolute Gasteiger partial charge is 0.119 e. The minimum atomic E-state index is 0.653. The van der Waals surface area contributed by atoms with Crippen LogP contribution in [0, 0.1) is 0 Å². The Morgan fingerprint density at radius 2 is 0.943 bits per heavy atom. The minimum Gasteiger partial charge on any atom is -0.493 e. The number of hydrogen-bond donors (Lipinski definition) is 0. The fraction of sp³-hybridized carbons (Fsp3) is 0.500. The molecule has 2 aromatic rings. The van der Waals surface area contributed by atoms with Crippen LogP contribution >= 0.6 is 0 Å². The summed E-state index contributed by atoms with van der Waals surface area (Å²) in [4.78, 5) is 0. The molecule has 35 heavy (non-hydrogen) atoms. The lowest BCUT2D eigenvalue weighted by molar-refractivity contribution is 0.319. The lowest BCUT2D eigenvalue weighted by atomic mass is 9.84. The molecule has 0 saturated heterocycles. The second-order valence-corrected chi connectivity index (χ2v) is 9.96. The number of rotatable bonds is 12. The van der Waals surface area contributed by atoms with Gasteiger partial charge in [0.2, 0.25) is 0 Å². The molecule has 0 heterocycles. The van der Waals surface area contributed by atoms with Gasteiger partial charge in [0.05, 0.1) is 25.7 Å². The summed E-state index contributed by atoms with van der Waals surface area (Å²) >= 11 is 0. The van der Waals surface area contributed by atoms with E-state index >= 15 is 0 Å². The maximum Gasteiger partial charge on any atom is 0.119 e. The third-order valence-electron chi connectivity index (χ3n) is 7.37. The van der Waals surface area contributed by atoms with Gasteiger partial charge in [0.25, 0.3) is 0 Å². The second-order valence-electron chi connectivity index (χ2n) is 9.96. The van der Waals surface area contributed by atoms with E-state index in [1.807, 2.05) is 12.2 Å². The topological polar surface area (TPSA) is 27.7 Å². The van der Waals surface area contributed by atoms with Gasteiger partial charge in [-0.05, 0) is 85.1 Å². The Kier molecular flexibility index (Phi) is 10.6. The van der Waals surface area contributed by atoms with Crippen LogP contribution in [0.4, 0.5) is 0 Å². The summed E-state index contributed by atoms with van der Waals surface area (Å²) in [7, 11) is 0. The Labute approximate surface area is 212 Å². The Morgan fingerprint density at radius 1 is 0.543 bits per heavy atom. The van der Waals surface area contributed by atoms with Crippen molar-refractivity contribution in [3.63, 3.8) is 0 Å². The first-order chi connectivity index (χ1) is 17.4. The summed E-state index contributed by atoms with van der Waals surface area (Å²) < 4.78 is 17.1. The molecule has 3 heteroatoms. The Morgan fingerprint density at radius 3 is 1.34 bits per heavy atom. The van der Waals surface area contributed by atoms with E-state index in [2.05, 4.69) is 48.5 Å². The number of hydrogen-bond acceptors (Lipinski definition) is 3. The molecule has 2 fully saturated rings. The molecule has 0 aromatic heterocycles. The van der Waals surface area contributed by atoms with E-state index in [1.54, 1.807) is 12.5 Å². The van der Waals surface area contributed by atoms with Crippen LogP contribution in [0.2, 0.25) is 0 Å². The van der Waals surface area contributed by atoms with Crippen molar-refractivity contribution in [3.05, 3.63) is 84.3 Å². The van der Waals surface area contributed by atoms with Gasteiger partial charge in [-0.1, -0.05) is 62.8 Å². The van der Waals surface area contributed by atoms with Crippen LogP contribution in [-0.4, -0.2) is 13.2 Å². The van der Waals surface area contributed by atoms with E-state index in [9.17, 15) is 0 Å². The molecule has 0 bridgehead atoms. The highest BCUT2D eigenvalue weighted by Crippen LogP contribution is 2.34. The van der Waals surface area contributed by atoms with Gasteiger partial charge in [0.15, 0.2) is 0 Å². The van der Waals surface area contributed by atoms with E-state index in [4.69, 9.17) is 14.2 Å². The first-order valence-corrected chi connectivity index (χ1v) is 13.8. The van der Waals surface area contributed by atoms with Gasteiger partial charge >= 0.3 is 0 Å². The van der Waals surface area contributed by atoms with Gasteiger partial charge < -0.3 is 14.2 Å². The summed E-state index contributed by atoms with van der Waals surface area (Å²) in [6, 6.07) is 17.4. The van der Waals surface area contributed by atoms with Crippen molar-refractivity contribution in [3.8, 4) is 11.5 Å². The van der Waals surface area contributed by atoms with Crippen LogP contribution in [0.1, 0.15) is 100 Å². The van der Waals surface area contributed by atoms with Crippen LogP contribution in [0.25, 0.3) is 0 Å². The Hall–Kier alpha value is -2.68. The molecule has 0 unspecified atom stereocenters. The van der Waals surface area contributed by atoms with Crippen LogP contribution in [-0.2, 0) is 4.74 Å². The Bertz CT molecular complexity index is 810. The highest BCUT2D eigenvalue weighted by molar-refractivity contribution is 5.30. The first-order valence-electron chi connectivity index (χ1n) is 13.8. The molecule has 2 aliphatic rings. The molecule has 2 aromatic carbocycles. The van der Waals surface area contributed by atoms with E-state index in [0.717, 1.165) is 36.2 Å². The van der Waals surface area contributed by atoms with E-state index in [0.29, 0.717) is 13.2 Å². The van der Waals surface area contributed by atoms with E-state index < -0.39 is 0 Å². The van der Waals surface area contributed by atoms with Gasteiger partial charge in [0.1, 0.15) is 11.5 Å². The van der Waals surface area contributed by atoms with Crippen LogP contribution in [0.3, 0.4) is 0 Å². The predicted octanol–water partition coefficient (Wildman–Crippen LogP) is 9.06. The average Bonchev–Trinajstić information content (AvgIpc) is 2.93. The molecule has 4 rings (SSSR count). The van der Waals surface area contributed by atoms with Gasteiger partial charge in [-0.3, -0.25) is 0 Å². The standard InChI is InChI=1S/C32H42O3/c1-3-11-27(12-4-1)29-15-19-31(20-16-29)34-25-9-7-23-33-24-8-10-26-35-32-21-17-30(18-22-32)28-13-5-2-6-14-28/h7-8,15-24,27-28H,1-6,9-14,25-26H2. The minimum absolute atomic E-state index is 0.653. The lowest BCUT2D eigenvalue weighted by Crippen LogP contribution is -2.04. The molecular formula is C32H42O3. The second kappa shape index (κ2) is 14.7. The van der Waals surface area contributed by atoms with Gasteiger partial charge in [-0.2, -0.15) is 0 Å². The van der Waals surface area contributed by atoms with E-state index in [-0.39, 0.29) is 0 Å². The van der Waals surface area contributed by atoms with Crippen molar-refractivity contribution in [2.24, 2.45) is 0 Å². The fourth-order valence-electron chi connectivity index (χ4n) is 5.33. The molecule has 2 saturated carbocycles. The highest BCUT2D eigenvalue weighted by Gasteiger charge is 2.16. The molecule has 188 valence electrons. The maximum atomic E-state index is 5.85. The van der Waals surface area contributed by atoms with Crippen LogP contribution < -0.4 is 9.47 Å². The van der Waals surface area contributed by atoms with Crippen molar-refractivity contribution in [1.82, 2.24) is 0 Å². The van der Waals surface area contributed by atoms with Gasteiger partial charge in [-0.25, -0.2) is 0 Å². The van der Waals surface area contributed by atoms with Crippen LogP contribution in [0.5, 0.6) is 11.5 Å². The zero-order valence-electron chi connectivity index (χ0n) is 21.2. The van der Waals surface area contributed by atoms with Crippen LogP contribution in [0.15, 0.2) is 73.2 Å². The molecule has 0 N–H and O–H groups in total. The van der Waals surface area contributed by atoms with Gasteiger partial charge in [0, 0.05) is 12.8 Å². The predicted molar refractivity (Wildman–Crippen MR) is 144 cm³/mol. The third-order valence-corrected chi connectivity index (χ3v) is 7.37. The summed E-state index contributed by atoms with van der Waals surface area (Å²) in [5.41, 5.74) is 2.94. The maximum absolute atomic E-state index is 5.85. The summed E-state index contributed by atoms with van der Waals surface area (Å²) in [6.45, 7) is 1.31. The Balaban J connectivity index is 1.03. The molecule has 3 nitrogen and oxygen atoms in total. The first kappa shape index (κ1) is 25.4. The molecule has 2 aliphatic carbocycles. The molecular weight excluding hydrogens is 432 g/mol. The van der Waals surface area contributed by atoms with Crippen molar-refractivity contribution in [2.75, 3.05) is 13.2 Å². The molecule has 0 aliphatic heterocycles. The third kappa shape index (κ3) is 8.80. The number of benzene rings is 2. The van der Waals surface area contributed by atoms with Crippen molar-refractivity contribution < 1.29 is 14.2 Å². The molecule has 0 amide bonds. The van der Waals surface area contributed by atoms with E-state index in [1.165, 1.54) is 75.3 Å². The zero-order chi connectivity index (χ0) is 24.0. The molecule has 0 radical (unpaired) electrons. The lowest BCUT2D eigenvalue weighted by Gasteiger charge is -2.22. The normalized spacial score (nSPS) is 17.7. The highest BCUT2D eigenvalue weighted by atomic mass is 16.5. The zero-order valence-corrected chi connectivity index (χ0v) is 21.2. The quantitative estimate of drug-likeness (QED) is 0.227. The SMILES string of the molecule is C(=COC=CCCOc1ccc(C2CCCCC2)cc1)CCOc1ccc(C2CCCCC2)cc1. The largest absolute Gasteiger partial charge is 0.493 e. The number of ether oxygens (including phenoxy) is 3. The van der Waals surface area contributed by atoms with Gasteiger partial charge in [-0.15, -0.1) is 0 Å². The monoisotopic (exact) mass is 474 g/mol. The van der Waals surface area contributed by atoms with Crippen molar-refractivity contribution >= 4 is 0 Å². The average molecular weight is 475 g/mol. The summed E-state index contributed by atoms with van der Waals surface area (Å²) in [5.74, 6) is 3.38. The molecule has 0 atom stereocenters. The molecule has 0 spiro atoms.